The van der Waals surface area contributed by atoms with Crippen LogP contribution < -0.4 is 5.32 Å². The molecule has 1 saturated heterocycles. The Bertz CT molecular complexity index is 501. The van der Waals surface area contributed by atoms with Gasteiger partial charge in [0.15, 0.2) is 0 Å². The molecule has 1 aliphatic heterocycles. The van der Waals surface area contributed by atoms with Crippen molar-refractivity contribution >= 4 is 27.3 Å². The van der Waals surface area contributed by atoms with E-state index in [1.165, 1.54) is 73.8 Å². The second-order valence-corrected chi connectivity index (χ2v) is 9.27. The van der Waals surface area contributed by atoms with E-state index in [0.717, 1.165) is 6.54 Å². The monoisotopic (exact) mass is 368 g/mol. The van der Waals surface area contributed by atoms with Gasteiger partial charge in [-0.1, -0.05) is 25.7 Å². The van der Waals surface area contributed by atoms with E-state index < -0.39 is 0 Å². The quantitative estimate of drug-likeness (QED) is 0.823. The predicted molar refractivity (Wildman–Crippen MR) is 92.8 cm³/mol. The molecule has 0 radical (unpaired) electrons. The van der Waals surface area contributed by atoms with E-state index in [0.29, 0.717) is 11.1 Å². The van der Waals surface area contributed by atoms with Crippen molar-refractivity contribution < 1.29 is 0 Å². The smallest absolute Gasteiger partial charge is 0.0338 e. The molecule has 0 aromatic carbocycles. The Balaban J connectivity index is 1.57. The Labute approximate surface area is 140 Å². The Morgan fingerprint density at radius 1 is 1.14 bits per heavy atom. The predicted octanol–water partition coefficient (Wildman–Crippen LogP) is 4.54. The third-order valence-electron chi connectivity index (χ3n) is 6.02. The van der Waals surface area contributed by atoms with E-state index in [4.69, 9.17) is 0 Å². The maximum atomic E-state index is 4.00. The summed E-state index contributed by atoms with van der Waals surface area (Å²) in [6.07, 6.45) is 11.2. The molecule has 1 aromatic rings. The molecule has 2 spiro atoms. The maximum absolute atomic E-state index is 4.00. The minimum absolute atomic E-state index is 0.433. The Kier molecular flexibility index (Phi) is 3.93. The van der Waals surface area contributed by atoms with E-state index in [-0.39, 0.29) is 0 Å². The van der Waals surface area contributed by atoms with Crippen molar-refractivity contribution in [3.05, 3.63) is 20.8 Å². The van der Waals surface area contributed by atoms with Crippen LogP contribution in [0.1, 0.15) is 56.2 Å². The molecule has 116 valence electrons. The Hall–Kier alpha value is 0.1000. The summed E-state index contributed by atoms with van der Waals surface area (Å²) in [7, 11) is 0. The van der Waals surface area contributed by atoms with Crippen LogP contribution >= 0.6 is 27.3 Å². The lowest BCUT2D eigenvalue weighted by atomic mass is 9.84. The number of piperazine rings is 1. The van der Waals surface area contributed by atoms with E-state index in [9.17, 15) is 0 Å². The highest BCUT2D eigenvalue weighted by Crippen LogP contribution is 2.43. The molecule has 2 heterocycles. The molecule has 2 saturated carbocycles. The third kappa shape index (κ3) is 2.73. The molecule has 4 rings (SSSR count). The van der Waals surface area contributed by atoms with Gasteiger partial charge in [-0.15, -0.1) is 11.3 Å². The highest BCUT2D eigenvalue weighted by Gasteiger charge is 2.49. The topological polar surface area (TPSA) is 15.3 Å². The molecule has 0 amide bonds. The van der Waals surface area contributed by atoms with Crippen molar-refractivity contribution in [3.63, 3.8) is 0 Å². The fourth-order valence-electron chi connectivity index (χ4n) is 4.81. The maximum Gasteiger partial charge on any atom is 0.0338 e. The average molecular weight is 369 g/mol. The summed E-state index contributed by atoms with van der Waals surface area (Å²) in [5.41, 5.74) is 0.882. The standard InChI is InChI=1S/C17H25BrN2S/c18-14-9-15(21-11-14)10-20-13-16(5-1-2-6-16)19-12-17(20)7-3-4-8-17/h9,11,19H,1-8,10,12-13H2. The third-order valence-corrected chi connectivity index (χ3v) is 7.70. The largest absolute Gasteiger partial charge is 0.308 e. The van der Waals surface area contributed by atoms with Crippen LogP contribution in [0.15, 0.2) is 15.9 Å². The minimum Gasteiger partial charge on any atom is -0.308 e. The lowest BCUT2D eigenvalue weighted by Crippen LogP contribution is -2.68. The molecule has 1 N–H and O–H groups in total. The Morgan fingerprint density at radius 3 is 2.52 bits per heavy atom. The van der Waals surface area contributed by atoms with Crippen LogP contribution in [0.2, 0.25) is 0 Å². The minimum atomic E-state index is 0.433. The van der Waals surface area contributed by atoms with Crippen LogP contribution in [-0.2, 0) is 6.54 Å². The van der Waals surface area contributed by atoms with Crippen molar-refractivity contribution in [1.29, 1.82) is 0 Å². The van der Waals surface area contributed by atoms with Gasteiger partial charge in [0.25, 0.3) is 0 Å². The van der Waals surface area contributed by atoms with Crippen LogP contribution in [0, 0.1) is 0 Å². The summed E-state index contributed by atoms with van der Waals surface area (Å²) in [5, 5.41) is 6.23. The summed E-state index contributed by atoms with van der Waals surface area (Å²) in [5.74, 6) is 0. The zero-order valence-corrected chi connectivity index (χ0v) is 15.1. The molecule has 2 aliphatic carbocycles. The van der Waals surface area contributed by atoms with Crippen molar-refractivity contribution in [3.8, 4) is 0 Å². The molecule has 21 heavy (non-hydrogen) atoms. The van der Waals surface area contributed by atoms with Crippen molar-refractivity contribution in [2.75, 3.05) is 13.1 Å². The summed E-state index contributed by atoms with van der Waals surface area (Å²) in [6.45, 7) is 3.64. The van der Waals surface area contributed by atoms with Crippen LogP contribution in [0.25, 0.3) is 0 Å². The molecular formula is C17H25BrN2S. The van der Waals surface area contributed by atoms with E-state index in [1.54, 1.807) is 0 Å². The average Bonchev–Trinajstić information content (AvgIpc) is 3.18. The lowest BCUT2D eigenvalue weighted by molar-refractivity contribution is 0.00347. The molecular weight excluding hydrogens is 344 g/mol. The van der Waals surface area contributed by atoms with Gasteiger partial charge in [0.2, 0.25) is 0 Å². The second kappa shape index (κ2) is 5.63. The first-order chi connectivity index (χ1) is 10.2. The van der Waals surface area contributed by atoms with Gasteiger partial charge in [0, 0.05) is 45.4 Å². The van der Waals surface area contributed by atoms with E-state index in [2.05, 4.69) is 37.6 Å². The molecule has 4 heteroatoms. The van der Waals surface area contributed by atoms with Gasteiger partial charge in [-0.05, 0) is 47.7 Å². The van der Waals surface area contributed by atoms with E-state index in [1.807, 2.05) is 11.3 Å². The number of hydrogen-bond acceptors (Lipinski definition) is 3. The number of hydrogen-bond donors (Lipinski definition) is 1. The number of thiophene rings is 1. The normalized spacial score (nSPS) is 27.9. The fraction of sp³-hybridized carbons (Fsp3) is 0.765. The van der Waals surface area contributed by atoms with Crippen molar-refractivity contribution in [1.82, 2.24) is 10.2 Å². The summed E-state index contributed by atoms with van der Waals surface area (Å²) >= 11 is 5.52. The lowest BCUT2D eigenvalue weighted by Gasteiger charge is -2.52. The number of nitrogens with zero attached hydrogens (tertiary/aromatic N) is 1. The Morgan fingerprint density at radius 2 is 1.86 bits per heavy atom. The van der Waals surface area contributed by atoms with Gasteiger partial charge >= 0.3 is 0 Å². The van der Waals surface area contributed by atoms with E-state index >= 15 is 0 Å². The number of nitrogens with one attached hydrogen (secondary N) is 1. The second-order valence-electron chi connectivity index (χ2n) is 7.36. The highest BCUT2D eigenvalue weighted by molar-refractivity contribution is 9.10. The van der Waals surface area contributed by atoms with Gasteiger partial charge in [-0.25, -0.2) is 0 Å². The zero-order valence-electron chi connectivity index (χ0n) is 12.7. The molecule has 1 aromatic heterocycles. The van der Waals surface area contributed by atoms with Crippen LogP contribution in [0.4, 0.5) is 0 Å². The van der Waals surface area contributed by atoms with Gasteiger partial charge in [0.05, 0.1) is 0 Å². The molecule has 3 fully saturated rings. The molecule has 0 bridgehead atoms. The first kappa shape index (κ1) is 14.7. The van der Waals surface area contributed by atoms with Gasteiger partial charge in [-0.2, -0.15) is 0 Å². The van der Waals surface area contributed by atoms with Crippen LogP contribution in [0.3, 0.4) is 0 Å². The highest BCUT2D eigenvalue weighted by atomic mass is 79.9. The fourth-order valence-corrected chi connectivity index (χ4v) is 6.28. The van der Waals surface area contributed by atoms with Gasteiger partial charge in [-0.3, -0.25) is 4.90 Å². The van der Waals surface area contributed by atoms with Crippen LogP contribution in [0.5, 0.6) is 0 Å². The van der Waals surface area contributed by atoms with Crippen molar-refractivity contribution in [2.45, 2.75) is 69.0 Å². The summed E-state index contributed by atoms with van der Waals surface area (Å²) in [6, 6.07) is 2.32. The van der Waals surface area contributed by atoms with Gasteiger partial charge < -0.3 is 5.32 Å². The number of halogens is 1. The molecule has 0 unspecified atom stereocenters. The number of rotatable bonds is 2. The zero-order chi connectivity index (χ0) is 14.3. The molecule has 3 aliphatic rings. The van der Waals surface area contributed by atoms with Gasteiger partial charge in [0.1, 0.15) is 0 Å². The van der Waals surface area contributed by atoms with Crippen LogP contribution in [-0.4, -0.2) is 29.1 Å². The molecule has 2 nitrogen and oxygen atoms in total. The van der Waals surface area contributed by atoms with Crippen molar-refractivity contribution in [2.24, 2.45) is 0 Å². The summed E-state index contributed by atoms with van der Waals surface area (Å²) < 4.78 is 1.24. The summed E-state index contributed by atoms with van der Waals surface area (Å²) in [4.78, 5) is 4.38. The SMILES string of the molecule is Brc1csc(CN2CC3(CCCC3)NCC23CCCC3)c1. The molecule has 0 atom stereocenters. The first-order valence-electron chi connectivity index (χ1n) is 8.43. The first-order valence-corrected chi connectivity index (χ1v) is 10.1.